The molecule has 2 rings (SSSR count). The molecule has 0 saturated carbocycles. The number of nitrogens with one attached hydrogen (secondary N) is 1. The highest BCUT2D eigenvalue weighted by Crippen LogP contribution is 2.08. The number of benzene rings is 1. The number of aromatic nitrogens is 2. The molecular formula is C11H12FN3O. The van der Waals surface area contributed by atoms with Crippen molar-refractivity contribution >= 4 is 0 Å². The zero-order valence-electron chi connectivity index (χ0n) is 8.90. The quantitative estimate of drug-likeness (QED) is 0.850. The predicted octanol–water partition coefficient (Wildman–Crippen LogP) is 1.52. The second-order valence-electron chi connectivity index (χ2n) is 3.44. The van der Waals surface area contributed by atoms with Crippen LogP contribution in [0.1, 0.15) is 17.3 Å². The molecular weight excluding hydrogens is 209 g/mol. The number of nitrogens with zero attached hydrogens (tertiary/aromatic N) is 2. The van der Waals surface area contributed by atoms with Gasteiger partial charge in [-0.1, -0.05) is 17.3 Å². The van der Waals surface area contributed by atoms with Crippen LogP contribution in [0.25, 0.3) is 0 Å². The van der Waals surface area contributed by atoms with Gasteiger partial charge in [-0.3, -0.25) is 0 Å². The first-order valence-electron chi connectivity index (χ1n) is 4.98. The van der Waals surface area contributed by atoms with E-state index in [0.717, 1.165) is 5.56 Å². The molecule has 0 aliphatic carbocycles. The van der Waals surface area contributed by atoms with Gasteiger partial charge in [0.15, 0.2) is 5.82 Å². The third-order valence-electron chi connectivity index (χ3n) is 2.11. The first-order chi connectivity index (χ1) is 7.78. The van der Waals surface area contributed by atoms with Crippen LogP contribution in [-0.2, 0) is 13.0 Å². The van der Waals surface area contributed by atoms with E-state index in [4.69, 9.17) is 4.52 Å². The molecule has 1 heterocycles. The lowest BCUT2D eigenvalue weighted by atomic mass is 10.1. The molecule has 5 heteroatoms. The summed E-state index contributed by atoms with van der Waals surface area (Å²) in [4.78, 5) is 4.18. The van der Waals surface area contributed by atoms with Gasteiger partial charge in [-0.05, 0) is 24.7 Å². The average Bonchev–Trinajstić information content (AvgIpc) is 2.70. The molecule has 16 heavy (non-hydrogen) atoms. The summed E-state index contributed by atoms with van der Waals surface area (Å²) < 4.78 is 17.7. The molecule has 0 saturated heterocycles. The van der Waals surface area contributed by atoms with Crippen molar-refractivity contribution in [3.05, 3.63) is 47.4 Å². The Bertz CT molecular complexity index is 453. The van der Waals surface area contributed by atoms with Gasteiger partial charge in [0.25, 0.3) is 0 Å². The van der Waals surface area contributed by atoms with Crippen LogP contribution in [0.5, 0.6) is 0 Å². The third kappa shape index (κ3) is 2.64. The number of halogens is 1. The van der Waals surface area contributed by atoms with Crippen molar-refractivity contribution < 1.29 is 8.91 Å². The Balaban J connectivity index is 2.05. The minimum atomic E-state index is -0.243. The maximum atomic E-state index is 12.7. The summed E-state index contributed by atoms with van der Waals surface area (Å²) in [6.45, 7) is 0.552. The fourth-order valence-electron chi connectivity index (χ4n) is 1.37. The van der Waals surface area contributed by atoms with Crippen LogP contribution < -0.4 is 5.32 Å². The van der Waals surface area contributed by atoms with Gasteiger partial charge in [0, 0.05) is 6.42 Å². The van der Waals surface area contributed by atoms with E-state index in [1.807, 2.05) is 7.05 Å². The van der Waals surface area contributed by atoms with Crippen LogP contribution in [0.3, 0.4) is 0 Å². The Morgan fingerprint density at radius 1 is 1.31 bits per heavy atom. The zero-order valence-corrected chi connectivity index (χ0v) is 8.90. The van der Waals surface area contributed by atoms with E-state index in [0.29, 0.717) is 24.7 Å². The van der Waals surface area contributed by atoms with Crippen LogP contribution in [0.15, 0.2) is 28.8 Å². The highest BCUT2D eigenvalue weighted by atomic mass is 19.1. The Morgan fingerprint density at radius 3 is 2.75 bits per heavy atom. The molecule has 0 atom stereocenters. The normalized spacial score (nSPS) is 10.6. The van der Waals surface area contributed by atoms with Crippen LogP contribution in [0.2, 0.25) is 0 Å². The molecule has 1 N–H and O–H groups in total. The zero-order chi connectivity index (χ0) is 11.4. The molecule has 0 aliphatic heterocycles. The van der Waals surface area contributed by atoms with E-state index in [1.54, 1.807) is 12.1 Å². The van der Waals surface area contributed by atoms with E-state index in [1.165, 1.54) is 12.1 Å². The Hall–Kier alpha value is -1.75. The summed E-state index contributed by atoms with van der Waals surface area (Å²) in [5.41, 5.74) is 0.957. The topological polar surface area (TPSA) is 51.0 Å². The average molecular weight is 221 g/mol. The van der Waals surface area contributed by atoms with Gasteiger partial charge in [0.05, 0.1) is 6.54 Å². The van der Waals surface area contributed by atoms with Crippen molar-refractivity contribution in [2.75, 3.05) is 7.05 Å². The molecule has 1 aromatic heterocycles. The number of hydrogen-bond donors (Lipinski definition) is 1. The lowest BCUT2D eigenvalue weighted by molar-refractivity contribution is 0.367. The van der Waals surface area contributed by atoms with Crippen molar-refractivity contribution in [2.24, 2.45) is 0 Å². The van der Waals surface area contributed by atoms with E-state index < -0.39 is 0 Å². The first-order valence-corrected chi connectivity index (χ1v) is 4.98. The molecule has 2 aromatic rings. The maximum Gasteiger partial charge on any atom is 0.240 e. The van der Waals surface area contributed by atoms with Crippen molar-refractivity contribution in [2.45, 2.75) is 13.0 Å². The van der Waals surface area contributed by atoms with Crippen LogP contribution in [0.4, 0.5) is 4.39 Å². The summed E-state index contributed by atoms with van der Waals surface area (Å²) in [7, 11) is 1.81. The van der Waals surface area contributed by atoms with Gasteiger partial charge in [0.1, 0.15) is 5.82 Å². The van der Waals surface area contributed by atoms with Crippen molar-refractivity contribution in [1.82, 2.24) is 15.5 Å². The molecule has 84 valence electrons. The molecule has 0 aliphatic rings. The molecule has 0 amide bonds. The molecule has 0 fully saturated rings. The smallest absolute Gasteiger partial charge is 0.240 e. The van der Waals surface area contributed by atoms with Crippen molar-refractivity contribution in [3.8, 4) is 0 Å². The van der Waals surface area contributed by atoms with Crippen molar-refractivity contribution in [3.63, 3.8) is 0 Å². The molecule has 0 unspecified atom stereocenters. The SMILES string of the molecule is CNCc1nc(Cc2ccc(F)cc2)no1. The van der Waals surface area contributed by atoms with Gasteiger partial charge in [0.2, 0.25) is 5.89 Å². The van der Waals surface area contributed by atoms with Crippen molar-refractivity contribution in [1.29, 1.82) is 0 Å². The summed E-state index contributed by atoms with van der Waals surface area (Å²) in [5.74, 6) is 0.921. The Labute approximate surface area is 92.5 Å². The molecule has 0 bridgehead atoms. The van der Waals surface area contributed by atoms with Crippen LogP contribution >= 0.6 is 0 Å². The summed E-state index contributed by atoms with van der Waals surface area (Å²) in [6, 6.07) is 6.26. The lowest BCUT2D eigenvalue weighted by Crippen LogP contribution is -2.05. The first kappa shape index (κ1) is 10.8. The largest absolute Gasteiger partial charge is 0.338 e. The maximum absolute atomic E-state index is 12.7. The fourth-order valence-corrected chi connectivity index (χ4v) is 1.37. The minimum absolute atomic E-state index is 0.243. The van der Waals surface area contributed by atoms with E-state index in [2.05, 4.69) is 15.5 Å². The van der Waals surface area contributed by atoms with Crippen LogP contribution in [0, 0.1) is 5.82 Å². The third-order valence-corrected chi connectivity index (χ3v) is 2.11. The lowest BCUT2D eigenvalue weighted by Gasteiger charge is -1.95. The molecule has 4 nitrogen and oxygen atoms in total. The van der Waals surface area contributed by atoms with Crippen LogP contribution in [-0.4, -0.2) is 17.2 Å². The standard InChI is InChI=1S/C11H12FN3O/c1-13-7-11-14-10(15-16-11)6-8-2-4-9(12)5-3-8/h2-5,13H,6-7H2,1H3. The highest BCUT2D eigenvalue weighted by Gasteiger charge is 2.06. The second kappa shape index (κ2) is 4.85. The monoisotopic (exact) mass is 221 g/mol. The van der Waals surface area contributed by atoms with Gasteiger partial charge in [-0.25, -0.2) is 4.39 Å². The van der Waals surface area contributed by atoms with E-state index in [9.17, 15) is 4.39 Å². The highest BCUT2D eigenvalue weighted by molar-refractivity contribution is 5.19. The van der Waals surface area contributed by atoms with Gasteiger partial charge >= 0.3 is 0 Å². The molecule has 0 radical (unpaired) electrons. The number of rotatable bonds is 4. The predicted molar refractivity (Wildman–Crippen MR) is 56.3 cm³/mol. The Morgan fingerprint density at radius 2 is 2.06 bits per heavy atom. The summed E-state index contributed by atoms with van der Waals surface area (Å²) in [5, 5.41) is 6.76. The van der Waals surface area contributed by atoms with E-state index in [-0.39, 0.29) is 5.82 Å². The fraction of sp³-hybridized carbons (Fsp3) is 0.273. The molecule has 1 aromatic carbocycles. The summed E-state index contributed by atoms with van der Waals surface area (Å²) in [6.07, 6.45) is 0.549. The minimum Gasteiger partial charge on any atom is -0.338 e. The second-order valence-corrected chi connectivity index (χ2v) is 3.44. The molecule has 0 spiro atoms. The number of hydrogen-bond acceptors (Lipinski definition) is 4. The Kier molecular flexibility index (Phi) is 3.26. The van der Waals surface area contributed by atoms with E-state index >= 15 is 0 Å². The van der Waals surface area contributed by atoms with Gasteiger partial charge in [-0.15, -0.1) is 0 Å². The van der Waals surface area contributed by atoms with Gasteiger partial charge in [-0.2, -0.15) is 4.98 Å². The van der Waals surface area contributed by atoms with Gasteiger partial charge < -0.3 is 9.84 Å². The summed E-state index contributed by atoms with van der Waals surface area (Å²) >= 11 is 0.